The largest absolute Gasteiger partial charge is 0.379 e. The van der Waals surface area contributed by atoms with Gasteiger partial charge in [-0.25, -0.2) is 0 Å². The third-order valence-electron chi connectivity index (χ3n) is 3.38. The van der Waals surface area contributed by atoms with E-state index in [4.69, 9.17) is 4.18 Å². The molecule has 2 rings (SSSR count). The average Bonchev–Trinajstić information content (AvgIpc) is 2.30. The Kier molecular flexibility index (Phi) is 4.10. The molecule has 0 radical (unpaired) electrons. The summed E-state index contributed by atoms with van der Waals surface area (Å²) >= 11 is 0. The van der Waals surface area contributed by atoms with Gasteiger partial charge in [0.2, 0.25) is 0 Å². The molecule has 0 amide bonds. The smallest absolute Gasteiger partial charge is 0.339 e. The molecule has 0 aliphatic heterocycles. The zero-order chi connectivity index (χ0) is 15.8. The van der Waals surface area contributed by atoms with E-state index in [1.54, 1.807) is 19.9 Å². The third-order valence-corrected chi connectivity index (χ3v) is 4.93. The SMILES string of the molecule is Cc1ccc(OS(=O)(=O)c2c(C)cc(C)cc2C)c(C)c1. The van der Waals surface area contributed by atoms with Gasteiger partial charge in [-0.2, -0.15) is 8.42 Å². The number of rotatable bonds is 3. The molecule has 21 heavy (non-hydrogen) atoms. The van der Waals surface area contributed by atoms with Gasteiger partial charge in [0.15, 0.2) is 0 Å². The quantitative estimate of drug-likeness (QED) is 0.805. The number of aryl methyl sites for hydroxylation is 5. The van der Waals surface area contributed by atoms with Crippen molar-refractivity contribution in [2.75, 3.05) is 0 Å². The van der Waals surface area contributed by atoms with Crippen molar-refractivity contribution in [2.45, 2.75) is 39.5 Å². The van der Waals surface area contributed by atoms with E-state index in [9.17, 15) is 8.42 Å². The molecule has 0 heterocycles. The lowest BCUT2D eigenvalue weighted by atomic mass is 10.1. The molecule has 4 heteroatoms. The molecule has 0 N–H and O–H groups in total. The van der Waals surface area contributed by atoms with Crippen LogP contribution in [0.2, 0.25) is 0 Å². The Morgan fingerprint density at radius 3 is 1.81 bits per heavy atom. The summed E-state index contributed by atoms with van der Waals surface area (Å²) in [5.74, 6) is 0.375. The number of hydrogen-bond donors (Lipinski definition) is 0. The second-order valence-electron chi connectivity index (χ2n) is 5.53. The minimum Gasteiger partial charge on any atom is -0.379 e. The van der Waals surface area contributed by atoms with Crippen LogP contribution in [0.5, 0.6) is 5.75 Å². The van der Waals surface area contributed by atoms with Crippen LogP contribution in [0.25, 0.3) is 0 Å². The van der Waals surface area contributed by atoms with Crippen LogP contribution in [0, 0.1) is 34.6 Å². The van der Waals surface area contributed by atoms with Crippen LogP contribution in [-0.4, -0.2) is 8.42 Å². The van der Waals surface area contributed by atoms with Crippen molar-refractivity contribution in [1.29, 1.82) is 0 Å². The van der Waals surface area contributed by atoms with E-state index in [-0.39, 0.29) is 4.90 Å². The molecular weight excluding hydrogens is 284 g/mol. The van der Waals surface area contributed by atoms with E-state index in [0.717, 1.165) is 16.7 Å². The topological polar surface area (TPSA) is 43.4 Å². The molecule has 0 aromatic heterocycles. The summed E-state index contributed by atoms with van der Waals surface area (Å²) < 4.78 is 30.5. The van der Waals surface area contributed by atoms with E-state index in [2.05, 4.69) is 0 Å². The predicted molar refractivity (Wildman–Crippen MR) is 84.4 cm³/mol. The van der Waals surface area contributed by atoms with Crippen LogP contribution >= 0.6 is 0 Å². The van der Waals surface area contributed by atoms with E-state index >= 15 is 0 Å². The maximum absolute atomic E-state index is 12.6. The van der Waals surface area contributed by atoms with Crippen LogP contribution in [0.15, 0.2) is 35.2 Å². The highest BCUT2D eigenvalue weighted by Crippen LogP contribution is 2.27. The first-order chi connectivity index (χ1) is 9.70. The summed E-state index contributed by atoms with van der Waals surface area (Å²) in [4.78, 5) is 0.257. The molecule has 0 bridgehead atoms. The first-order valence-electron chi connectivity index (χ1n) is 6.80. The van der Waals surface area contributed by atoms with Crippen LogP contribution in [0.4, 0.5) is 0 Å². The Balaban J connectivity index is 2.48. The molecule has 0 aliphatic rings. The van der Waals surface area contributed by atoms with Gasteiger partial charge in [0.25, 0.3) is 0 Å². The van der Waals surface area contributed by atoms with Gasteiger partial charge in [0.05, 0.1) is 0 Å². The highest BCUT2D eigenvalue weighted by molar-refractivity contribution is 7.87. The summed E-state index contributed by atoms with van der Waals surface area (Å²) in [5, 5.41) is 0. The van der Waals surface area contributed by atoms with Gasteiger partial charge in [-0.1, -0.05) is 35.4 Å². The van der Waals surface area contributed by atoms with Crippen molar-refractivity contribution in [3.63, 3.8) is 0 Å². The second-order valence-corrected chi connectivity index (χ2v) is 7.02. The van der Waals surface area contributed by atoms with Crippen LogP contribution < -0.4 is 4.18 Å². The molecule has 0 saturated carbocycles. The Bertz CT molecular complexity index is 767. The summed E-state index contributed by atoms with van der Waals surface area (Å²) in [6.45, 7) is 9.32. The number of benzene rings is 2. The van der Waals surface area contributed by atoms with E-state index in [1.165, 1.54) is 0 Å². The average molecular weight is 304 g/mol. The second kappa shape index (κ2) is 5.53. The fourth-order valence-corrected chi connectivity index (χ4v) is 4.03. The zero-order valence-corrected chi connectivity index (χ0v) is 13.8. The normalized spacial score (nSPS) is 11.5. The van der Waals surface area contributed by atoms with Gasteiger partial charge in [-0.3, -0.25) is 0 Å². The van der Waals surface area contributed by atoms with Gasteiger partial charge in [0.1, 0.15) is 10.6 Å². The molecule has 0 saturated heterocycles. The van der Waals surface area contributed by atoms with Crippen molar-refractivity contribution in [3.05, 3.63) is 58.1 Å². The van der Waals surface area contributed by atoms with Crippen molar-refractivity contribution in [1.82, 2.24) is 0 Å². The molecule has 0 unspecified atom stereocenters. The van der Waals surface area contributed by atoms with Crippen LogP contribution in [0.3, 0.4) is 0 Å². The van der Waals surface area contributed by atoms with E-state index in [1.807, 2.05) is 45.0 Å². The maximum Gasteiger partial charge on any atom is 0.339 e. The van der Waals surface area contributed by atoms with Crippen molar-refractivity contribution in [3.8, 4) is 5.75 Å². The first-order valence-corrected chi connectivity index (χ1v) is 8.21. The molecule has 0 fully saturated rings. The third kappa shape index (κ3) is 3.27. The monoisotopic (exact) mass is 304 g/mol. The molecule has 3 nitrogen and oxygen atoms in total. The molecule has 0 spiro atoms. The minimum absolute atomic E-state index is 0.257. The lowest BCUT2D eigenvalue weighted by Gasteiger charge is -2.14. The summed E-state index contributed by atoms with van der Waals surface area (Å²) in [6, 6.07) is 9.14. The highest BCUT2D eigenvalue weighted by Gasteiger charge is 2.22. The highest BCUT2D eigenvalue weighted by atomic mass is 32.2. The van der Waals surface area contributed by atoms with Gasteiger partial charge in [0, 0.05) is 0 Å². The molecule has 2 aromatic rings. The molecular formula is C17H20O3S. The van der Waals surface area contributed by atoms with Gasteiger partial charge >= 0.3 is 10.1 Å². The lowest BCUT2D eigenvalue weighted by molar-refractivity contribution is 0.483. The van der Waals surface area contributed by atoms with Crippen molar-refractivity contribution < 1.29 is 12.6 Å². The molecule has 2 aromatic carbocycles. The van der Waals surface area contributed by atoms with E-state index < -0.39 is 10.1 Å². The summed E-state index contributed by atoms with van der Waals surface area (Å²) in [6.07, 6.45) is 0. The minimum atomic E-state index is -3.83. The Hall–Kier alpha value is -1.81. The number of hydrogen-bond acceptors (Lipinski definition) is 3. The van der Waals surface area contributed by atoms with Gasteiger partial charge in [-0.05, 0) is 57.4 Å². The Morgan fingerprint density at radius 2 is 1.29 bits per heavy atom. The van der Waals surface area contributed by atoms with Crippen LogP contribution in [0.1, 0.15) is 27.8 Å². The standard InChI is InChI=1S/C17H20O3S/c1-11-6-7-16(13(3)8-11)20-21(18,19)17-14(4)9-12(2)10-15(17)5/h6-10H,1-5H3. The molecule has 0 atom stereocenters. The van der Waals surface area contributed by atoms with Crippen molar-refractivity contribution in [2.24, 2.45) is 0 Å². The van der Waals surface area contributed by atoms with Crippen molar-refractivity contribution >= 4 is 10.1 Å². The fourth-order valence-electron chi connectivity index (χ4n) is 2.61. The molecule has 112 valence electrons. The first kappa shape index (κ1) is 15.6. The van der Waals surface area contributed by atoms with Gasteiger partial charge < -0.3 is 4.18 Å². The van der Waals surface area contributed by atoms with E-state index in [0.29, 0.717) is 16.9 Å². The van der Waals surface area contributed by atoms with Gasteiger partial charge in [-0.15, -0.1) is 0 Å². The zero-order valence-electron chi connectivity index (χ0n) is 13.0. The Labute approximate surface area is 126 Å². The Morgan fingerprint density at radius 1 is 0.762 bits per heavy atom. The predicted octanol–water partition coefficient (Wildman–Crippen LogP) is 4.00. The van der Waals surface area contributed by atoms with Crippen LogP contribution in [-0.2, 0) is 10.1 Å². The summed E-state index contributed by atoms with van der Waals surface area (Å²) in [5.41, 5.74) is 4.32. The fraction of sp³-hybridized carbons (Fsp3) is 0.294. The maximum atomic E-state index is 12.6. The lowest BCUT2D eigenvalue weighted by Crippen LogP contribution is -2.14. The summed E-state index contributed by atoms with van der Waals surface area (Å²) in [7, 11) is -3.83. The molecule has 0 aliphatic carbocycles.